The Morgan fingerprint density at radius 1 is 1.07 bits per heavy atom. The highest BCUT2D eigenvalue weighted by atomic mass is 16.5. The van der Waals surface area contributed by atoms with E-state index in [0.717, 1.165) is 11.3 Å². The lowest BCUT2D eigenvalue weighted by atomic mass is 10.2. The molecular weight excluding hydrogens is 344 g/mol. The molecule has 0 saturated carbocycles. The molecule has 138 valence electrons. The minimum Gasteiger partial charge on any atom is -0.497 e. The van der Waals surface area contributed by atoms with Crippen molar-refractivity contribution in [1.82, 2.24) is 5.16 Å². The number of anilines is 1. The van der Waals surface area contributed by atoms with Crippen molar-refractivity contribution >= 4 is 23.7 Å². The highest BCUT2D eigenvalue weighted by Crippen LogP contribution is 2.22. The van der Waals surface area contributed by atoms with E-state index in [4.69, 9.17) is 14.0 Å². The third kappa shape index (κ3) is 4.98. The minimum atomic E-state index is -0.288. The second kappa shape index (κ2) is 8.71. The Balaban J connectivity index is 1.64. The van der Waals surface area contributed by atoms with E-state index in [1.54, 1.807) is 32.2 Å². The summed E-state index contributed by atoms with van der Waals surface area (Å²) < 4.78 is 15.8. The highest BCUT2D eigenvalue weighted by molar-refractivity contribution is 5.94. The van der Waals surface area contributed by atoms with Gasteiger partial charge in [-0.15, -0.1) is 0 Å². The standard InChI is InChI=1S/C21H20N2O4/c1-15-21(22-20(24)14-26-18-6-4-3-5-7-18)19(23-27-15)13-10-16-8-11-17(25-2)12-9-16/h3-13H,14H2,1-2H3,(H,22,24). The Kier molecular flexibility index (Phi) is 5.89. The number of nitrogens with one attached hydrogen (secondary N) is 1. The summed E-state index contributed by atoms with van der Waals surface area (Å²) >= 11 is 0. The zero-order valence-electron chi connectivity index (χ0n) is 15.1. The number of carbonyl (C=O) groups excluding carboxylic acids is 1. The number of rotatable bonds is 7. The lowest BCUT2D eigenvalue weighted by molar-refractivity contribution is -0.118. The van der Waals surface area contributed by atoms with Crippen LogP contribution in [-0.2, 0) is 4.79 Å². The van der Waals surface area contributed by atoms with Crippen LogP contribution in [0.3, 0.4) is 0 Å². The SMILES string of the molecule is COc1ccc(C=Cc2noc(C)c2NC(=O)COc2ccccc2)cc1. The number of amides is 1. The molecule has 6 heteroatoms. The molecule has 0 aliphatic carbocycles. The molecule has 0 bridgehead atoms. The lowest BCUT2D eigenvalue weighted by Crippen LogP contribution is -2.20. The summed E-state index contributed by atoms with van der Waals surface area (Å²) in [6, 6.07) is 16.8. The van der Waals surface area contributed by atoms with Crippen molar-refractivity contribution in [2.75, 3.05) is 19.0 Å². The van der Waals surface area contributed by atoms with E-state index in [1.165, 1.54) is 0 Å². The van der Waals surface area contributed by atoms with Gasteiger partial charge in [-0.05, 0) is 42.8 Å². The van der Waals surface area contributed by atoms with Crippen LogP contribution in [-0.4, -0.2) is 24.8 Å². The van der Waals surface area contributed by atoms with E-state index in [1.807, 2.05) is 48.5 Å². The first-order chi connectivity index (χ1) is 13.2. The van der Waals surface area contributed by atoms with Gasteiger partial charge in [0.25, 0.3) is 5.91 Å². The topological polar surface area (TPSA) is 73.6 Å². The van der Waals surface area contributed by atoms with Gasteiger partial charge in [-0.1, -0.05) is 41.6 Å². The van der Waals surface area contributed by atoms with Gasteiger partial charge in [0, 0.05) is 0 Å². The molecule has 0 saturated heterocycles. The molecule has 1 aromatic heterocycles. The molecule has 3 aromatic rings. The van der Waals surface area contributed by atoms with Gasteiger partial charge in [-0.3, -0.25) is 4.79 Å². The largest absolute Gasteiger partial charge is 0.497 e. The van der Waals surface area contributed by atoms with Crippen molar-refractivity contribution in [1.29, 1.82) is 0 Å². The van der Waals surface area contributed by atoms with Crippen molar-refractivity contribution in [3.8, 4) is 11.5 Å². The van der Waals surface area contributed by atoms with Gasteiger partial charge >= 0.3 is 0 Å². The zero-order chi connectivity index (χ0) is 19.1. The zero-order valence-corrected chi connectivity index (χ0v) is 15.1. The molecule has 1 amide bonds. The smallest absolute Gasteiger partial charge is 0.262 e. The van der Waals surface area contributed by atoms with E-state index in [0.29, 0.717) is 22.9 Å². The Hall–Kier alpha value is -3.54. The summed E-state index contributed by atoms with van der Waals surface area (Å²) in [5.74, 6) is 1.66. The van der Waals surface area contributed by atoms with Gasteiger partial charge in [0.2, 0.25) is 0 Å². The molecule has 0 radical (unpaired) electrons. The minimum absolute atomic E-state index is 0.101. The molecule has 0 aliphatic heterocycles. The molecule has 0 aliphatic rings. The highest BCUT2D eigenvalue weighted by Gasteiger charge is 2.14. The summed E-state index contributed by atoms with van der Waals surface area (Å²) in [6.07, 6.45) is 3.67. The van der Waals surface area contributed by atoms with Gasteiger partial charge in [0.05, 0.1) is 7.11 Å². The number of ether oxygens (including phenoxy) is 2. The third-order valence-corrected chi connectivity index (χ3v) is 3.82. The molecule has 6 nitrogen and oxygen atoms in total. The Morgan fingerprint density at radius 3 is 2.52 bits per heavy atom. The molecule has 27 heavy (non-hydrogen) atoms. The fourth-order valence-corrected chi connectivity index (χ4v) is 2.39. The normalized spacial score (nSPS) is 10.7. The molecule has 2 aromatic carbocycles. The Labute approximate surface area is 157 Å². The summed E-state index contributed by atoms with van der Waals surface area (Å²) in [5, 5.41) is 6.79. The molecule has 0 atom stereocenters. The number of methoxy groups -OCH3 is 1. The fraction of sp³-hybridized carbons (Fsp3) is 0.143. The van der Waals surface area contributed by atoms with Crippen LogP contribution in [0, 0.1) is 6.92 Å². The van der Waals surface area contributed by atoms with Crippen LogP contribution >= 0.6 is 0 Å². The maximum Gasteiger partial charge on any atom is 0.262 e. The van der Waals surface area contributed by atoms with E-state index < -0.39 is 0 Å². The first-order valence-corrected chi connectivity index (χ1v) is 8.42. The first-order valence-electron chi connectivity index (χ1n) is 8.42. The summed E-state index contributed by atoms with van der Waals surface area (Å²) in [7, 11) is 1.62. The quantitative estimate of drug-likeness (QED) is 0.681. The van der Waals surface area contributed by atoms with Crippen LogP contribution in [0.5, 0.6) is 11.5 Å². The van der Waals surface area contributed by atoms with Gasteiger partial charge in [-0.25, -0.2) is 0 Å². The summed E-state index contributed by atoms with van der Waals surface area (Å²) in [6.45, 7) is 1.64. The van der Waals surface area contributed by atoms with E-state index in [2.05, 4.69) is 10.5 Å². The lowest BCUT2D eigenvalue weighted by Gasteiger charge is -2.07. The average Bonchev–Trinajstić information content (AvgIpc) is 3.05. The second-order valence-electron chi connectivity index (χ2n) is 5.76. The van der Waals surface area contributed by atoms with E-state index in [9.17, 15) is 4.79 Å². The van der Waals surface area contributed by atoms with Crippen molar-refractivity contribution in [2.45, 2.75) is 6.92 Å². The number of carbonyl (C=O) groups is 1. The van der Waals surface area contributed by atoms with E-state index in [-0.39, 0.29) is 12.5 Å². The second-order valence-corrected chi connectivity index (χ2v) is 5.76. The fourth-order valence-electron chi connectivity index (χ4n) is 2.39. The molecule has 1 heterocycles. The van der Waals surface area contributed by atoms with Crippen molar-refractivity contribution in [3.05, 3.63) is 71.6 Å². The van der Waals surface area contributed by atoms with Crippen LogP contribution in [0.15, 0.2) is 59.1 Å². The number of nitrogens with zero attached hydrogens (tertiary/aromatic N) is 1. The molecule has 0 fully saturated rings. The number of hydrogen-bond acceptors (Lipinski definition) is 5. The Morgan fingerprint density at radius 2 is 1.81 bits per heavy atom. The molecule has 3 rings (SSSR count). The predicted molar refractivity (Wildman–Crippen MR) is 104 cm³/mol. The third-order valence-electron chi connectivity index (χ3n) is 3.82. The van der Waals surface area contributed by atoms with Crippen molar-refractivity contribution in [3.63, 3.8) is 0 Å². The van der Waals surface area contributed by atoms with Gasteiger partial charge in [0.15, 0.2) is 12.4 Å². The molecule has 1 N–H and O–H groups in total. The van der Waals surface area contributed by atoms with Crippen molar-refractivity contribution in [2.24, 2.45) is 0 Å². The van der Waals surface area contributed by atoms with Gasteiger partial charge in [-0.2, -0.15) is 0 Å². The van der Waals surface area contributed by atoms with E-state index >= 15 is 0 Å². The number of aromatic nitrogens is 1. The van der Waals surface area contributed by atoms with Crippen LogP contribution in [0.25, 0.3) is 12.2 Å². The summed E-state index contributed by atoms with van der Waals surface area (Å²) in [5.41, 5.74) is 2.04. The molecule has 0 unspecified atom stereocenters. The van der Waals surface area contributed by atoms with Crippen LogP contribution in [0.4, 0.5) is 5.69 Å². The first kappa shape index (κ1) is 18.3. The maximum absolute atomic E-state index is 12.2. The Bertz CT molecular complexity index is 915. The monoisotopic (exact) mass is 364 g/mol. The van der Waals surface area contributed by atoms with Gasteiger partial charge < -0.3 is 19.3 Å². The molecular formula is C21H20N2O4. The van der Waals surface area contributed by atoms with Gasteiger partial charge in [0.1, 0.15) is 22.9 Å². The van der Waals surface area contributed by atoms with Crippen LogP contribution in [0.2, 0.25) is 0 Å². The predicted octanol–water partition coefficient (Wildman–Crippen LogP) is 4.18. The van der Waals surface area contributed by atoms with Crippen molar-refractivity contribution < 1.29 is 18.8 Å². The number of benzene rings is 2. The number of aryl methyl sites for hydroxylation is 1. The van der Waals surface area contributed by atoms with Crippen LogP contribution < -0.4 is 14.8 Å². The molecule has 0 spiro atoms. The number of para-hydroxylation sites is 1. The summed E-state index contributed by atoms with van der Waals surface area (Å²) in [4.78, 5) is 12.2. The maximum atomic E-state index is 12.2. The average molecular weight is 364 g/mol. The number of hydrogen-bond donors (Lipinski definition) is 1. The van der Waals surface area contributed by atoms with Crippen LogP contribution in [0.1, 0.15) is 17.0 Å².